The molecule has 228 valence electrons. The van der Waals surface area contributed by atoms with Crippen LogP contribution in [0.3, 0.4) is 0 Å². The van der Waals surface area contributed by atoms with Gasteiger partial charge in [0.15, 0.2) is 10.9 Å². The van der Waals surface area contributed by atoms with Crippen LogP contribution >= 0.6 is 22.9 Å². The van der Waals surface area contributed by atoms with Crippen molar-refractivity contribution in [1.29, 1.82) is 0 Å². The zero-order valence-electron chi connectivity index (χ0n) is 24.0. The molecule has 2 saturated heterocycles. The standard InChI is InChI=1S/C30H33ClF3N7OS/c1-40(2)29(7-3-8-29)14-36-26-18-11-19(31)21(17-5-6-20(33)25-24(17)37-27(35)43-25)22(34)23(18)38-28(39-26)42-15-30-9-4-10-41(30)13-16(32)12-30/h5-6,11,16H,3-4,7-10,12-15H2,1-2H3,(H2,35,37)(H,36,38,39)/t16-,30+/m1/s1. The molecule has 3 fully saturated rings. The highest BCUT2D eigenvalue weighted by Crippen LogP contribution is 2.44. The fourth-order valence-corrected chi connectivity index (χ4v) is 8.14. The Hall–Kier alpha value is -2.93. The Balaban J connectivity index is 1.33. The molecule has 2 atom stereocenters. The first-order valence-corrected chi connectivity index (χ1v) is 15.8. The quantitative estimate of drug-likeness (QED) is 0.235. The Labute approximate surface area is 256 Å². The number of benzene rings is 2. The van der Waals surface area contributed by atoms with E-state index < -0.39 is 23.3 Å². The molecule has 3 aliphatic rings. The maximum Gasteiger partial charge on any atom is 0.319 e. The smallest absolute Gasteiger partial charge is 0.319 e. The number of anilines is 2. The number of rotatable bonds is 8. The summed E-state index contributed by atoms with van der Waals surface area (Å²) < 4.78 is 52.0. The fraction of sp³-hybridized carbons (Fsp3) is 0.500. The van der Waals surface area contributed by atoms with E-state index in [-0.39, 0.29) is 49.6 Å². The summed E-state index contributed by atoms with van der Waals surface area (Å²) in [5, 5.41) is 4.11. The van der Waals surface area contributed by atoms with Gasteiger partial charge in [0.05, 0.1) is 20.8 Å². The van der Waals surface area contributed by atoms with Gasteiger partial charge in [0.25, 0.3) is 0 Å². The second-order valence-electron chi connectivity index (χ2n) is 12.3. The van der Waals surface area contributed by atoms with Crippen LogP contribution in [0.15, 0.2) is 18.2 Å². The van der Waals surface area contributed by atoms with Gasteiger partial charge in [-0.05, 0) is 70.9 Å². The third-order valence-corrected chi connectivity index (χ3v) is 10.9. The van der Waals surface area contributed by atoms with Gasteiger partial charge in [0.1, 0.15) is 29.9 Å². The minimum absolute atomic E-state index is 0.000346. The molecule has 2 aromatic carbocycles. The number of likely N-dealkylation sites (N-methyl/N-ethyl adjacent to an activating group) is 1. The van der Waals surface area contributed by atoms with Gasteiger partial charge in [-0.1, -0.05) is 22.9 Å². The van der Waals surface area contributed by atoms with Crippen LogP contribution in [-0.4, -0.2) is 82.3 Å². The van der Waals surface area contributed by atoms with E-state index in [2.05, 4.69) is 44.2 Å². The van der Waals surface area contributed by atoms with Crippen molar-refractivity contribution in [3.8, 4) is 17.1 Å². The van der Waals surface area contributed by atoms with Gasteiger partial charge in [0.2, 0.25) is 0 Å². The second kappa shape index (κ2) is 10.6. The van der Waals surface area contributed by atoms with Crippen LogP contribution in [0.25, 0.3) is 32.2 Å². The van der Waals surface area contributed by atoms with Crippen LogP contribution in [0, 0.1) is 11.6 Å². The number of nitrogens with two attached hydrogens (primary N) is 1. The van der Waals surface area contributed by atoms with E-state index in [4.69, 9.17) is 22.1 Å². The van der Waals surface area contributed by atoms with Gasteiger partial charge < -0.3 is 20.7 Å². The molecule has 4 heterocycles. The average molecular weight is 632 g/mol. The highest BCUT2D eigenvalue weighted by atomic mass is 35.5. The van der Waals surface area contributed by atoms with Gasteiger partial charge in [-0.3, -0.25) is 4.90 Å². The lowest BCUT2D eigenvalue weighted by atomic mass is 9.75. The van der Waals surface area contributed by atoms with Crippen LogP contribution in [0.1, 0.15) is 38.5 Å². The van der Waals surface area contributed by atoms with Crippen molar-refractivity contribution in [3.05, 3.63) is 34.9 Å². The number of hydrogen-bond acceptors (Lipinski definition) is 9. The summed E-state index contributed by atoms with van der Waals surface area (Å²) in [4.78, 5) is 17.8. The number of aromatic nitrogens is 3. The maximum atomic E-state index is 16.6. The first kappa shape index (κ1) is 28.8. The lowest BCUT2D eigenvalue weighted by Crippen LogP contribution is -2.54. The molecule has 0 bridgehead atoms. The van der Waals surface area contributed by atoms with E-state index in [0.717, 1.165) is 50.0 Å². The Kier molecular flexibility index (Phi) is 7.11. The van der Waals surface area contributed by atoms with E-state index in [1.54, 1.807) is 6.07 Å². The summed E-state index contributed by atoms with van der Waals surface area (Å²) >= 11 is 7.74. The number of alkyl halides is 1. The third-order valence-electron chi connectivity index (χ3n) is 9.69. The summed E-state index contributed by atoms with van der Waals surface area (Å²) in [6, 6.07) is 4.32. The van der Waals surface area contributed by atoms with Crippen molar-refractivity contribution in [2.45, 2.75) is 55.8 Å². The van der Waals surface area contributed by atoms with Crippen molar-refractivity contribution in [2.24, 2.45) is 0 Å². The molecule has 0 amide bonds. The highest BCUT2D eigenvalue weighted by Gasteiger charge is 2.49. The number of halogens is 4. The van der Waals surface area contributed by atoms with Gasteiger partial charge in [-0.25, -0.2) is 18.2 Å². The maximum absolute atomic E-state index is 16.6. The number of ether oxygens (including phenoxy) is 1. The zero-order valence-corrected chi connectivity index (χ0v) is 25.6. The largest absolute Gasteiger partial charge is 0.461 e. The normalized spacial score (nSPS) is 23.3. The Morgan fingerprint density at radius 3 is 2.72 bits per heavy atom. The van der Waals surface area contributed by atoms with E-state index in [1.807, 2.05) is 0 Å². The fourth-order valence-electron chi connectivity index (χ4n) is 7.08. The molecule has 0 unspecified atom stereocenters. The molecular weight excluding hydrogens is 599 g/mol. The lowest BCUT2D eigenvalue weighted by Gasteiger charge is -2.47. The molecule has 0 spiro atoms. The number of nitrogens with one attached hydrogen (secondary N) is 1. The summed E-state index contributed by atoms with van der Waals surface area (Å²) in [7, 11) is 4.11. The van der Waals surface area contributed by atoms with Crippen LogP contribution in [0.4, 0.5) is 24.1 Å². The van der Waals surface area contributed by atoms with Crippen LogP contribution in [0.2, 0.25) is 5.02 Å². The zero-order chi connectivity index (χ0) is 30.1. The molecule has 0 radical (unpaired) electrons. The second-order valence-corrected chi connectivity index (χ2v) is 13.8. The molecule has 4 aromatic rings. The number of thiazole rings is 1. The summed E-state index contributed by atoms with van der Waals surface area (Å²) in [6.45, 7) is 2.01. The number of nitrogen functional groups attached to an aromatic ring is 1. The third kappa shape index (κ3) is 4.77. The van der Waals surface area contributed by atoms with Crippen molar-refractivity contribution >= 4 is 55.0 Å². The molecule has 13 heteroatoms. The molecule has 8 nitrogen and oxygen atoms in total. The summed E-state index contributed by atoms with van der Waals surface area (Å²) in [5.74, 6) is -0.796. The van der Waals surface area contributed by atoms with Gasteiger partial charge >= 0.3 is 6.01 Å². The SMILES string of the molecule is CN(C)C1(CNc2nc(OC[C@@]34CCCN3C[C@H](F)C4)nc3c(F)c(-c4ccc(F)c5sc(N)nc45)c(Cl)cc23)CCC1. The molecule has 1 saturated carbocycles. The molecule has 7 rings (SSSR count). The van der Waals surface area contributed by atoms with E-state index in [9.17, 15) is 8.78 Å². The average Bonchev–Trinajstić information content (AvgIpc) is 3.60. The van der Waals surface area contributed by atoms with Gasteiger partial charge in [0, 0.05) is 41.6 Å². The van der Waals surface area contributed by atoms with Crippen molar-refractivity contribution < 1.29 is 17.9 Å². The first-order chi connectivity index (χ1) is 20.6. The Morgan fingerprint density at radius 2 is 1.98 bits per heavy atom. The monoisotopic (exact) mass is 631 g/mol. The van der Waals surface area contributed by atoms with E-state index in [0.29, 0.717) is 36.3 Å². The first-order valence-electron chi connectivity index (χ1n) is 14.6. The van der Waals surface area contributed by atoms with Gasteiger partial charge in [-0.15, -0.1) is 0 Å². The van der Waals surface area contributed by atoms with Crippen molar-refractivity contribution in [3.63, 3.8) is 0 Å². The molecule has 1 aliphatic carbocycles. The molecule has 2 aliphatic heterocycles. The number of fused-ring (bicyclic) bond motifs is 3. The lowest BCUT2D eigenvalue weighted by molar-refractivity contribution is 0.0738. The highest BCUT2D eigenvalue weighted by molar-refractivity contribution is 7.22. The summed E-state index contributed by atoms with van der Waals surface area (Å²) in [6.07, 6.45) is 4.46. The molecule has 3 N–H and O–H groups in total. The molecule has 2 aromatic heterocycles. The van der Waals surface area contributed by atoms with Crippen molar-refractivity contribution in [1.82, 2.24) is 24.8 Å². The van der Waals surface area contributed by atoms with Crippen LogP contribution in [-0.2, 0) is 0 Å². The number of nitrogens with zero attached hydrogens (tertiary/aromatic N) is 5. The predicted molar refractivity (Wildman–Crippen MR) is 165 cm³/mol. The van der Waals surface area contributed by atoms with Gasteiger partial charge in [-0.2, -0.15) is 9.97 Å². The topological polar surface area (TPSA) is 92.4 Å². The molecular formula is C30H33ClF3N7OS. The Bertz CT molecular complexity index is 1730. The number of hydrogen-bond donors (Lipinski definition) is 2. The summed E-state index contributed by atoms with van der Waals surface area (Å²) in [5.41, 5.74) is 6.01. The minimum atomic E-state index is -0.905. The Morgan fingerprint density at radius 1 is 1.16 bits per heavy atom. The molecule has 43 heavy (non-hydrogen) atoms. The van der Waals surface area contributed by atoms with E-state index >= 15 is 4.39 Å². The van der Waals surface area contributed by atoms with E-state index in [1.165, 1.54) is 12.1 Å². The predicted octanol–water partition coefficient (Wildman–Crippen LogP) is 6.27. The van der Waals surface area contributed by atoms with Crippen LogP contribution in [0.5, 0.6) is 6.01 Å². The van der Waals surface area contributed by atoms with Crippen molar-refractivity contribution in [2.75, 3.05) is 51.4 Å². The van der Waals surface area contributed by atoms with Crippen LogP contribution < -0.4 is 15.8 Å². The minimum Gasteiger partial charge on any atom is -0.461 e.